The molecule has 0 fully saturated rings. The van der Waals surface area contributed by atoms with Crippen LogP contribution >= 0.6 is 0 Å². The molecule has 0 atom stereocenters. The third-order valence-corrected chi connectivity index (χ3v) is 3.60. The first kappa shape index (κ1) is 16.4. The van der Waals surface area contributed by atoms with Gasteiger partial charge in [0.1, 0.15) is 6.54 Å². The molecule has 0 aliphatic heterocycles. The molecule has 1 N–H and O–H groups in total. The lowest BCUT2D eigenvalue weighted by Crippen LogP contribution is -2.26. The van der Waals surface area contributed by atoms with Crippen molar-refractivity contribution in [2.24, 2.45) is 0 Å². The molecule has 6 nitrogen and oxygen atoms in total. The summed E-state index contributed by atoms with van der Waals surface area (Å²) >= 11 is 0. The third kappa shape index (κ3) is 4.32. The van der Waals surface area contributed by atoms with E-state index in [-0.39, 0.29) is 12.1 Å². The van der Waals surface area contributed by atoms with Gasteiger partial charge in [0.2, 0.25) is 0 Å². The van der Waals surface area contributed by atoms with Gasteiger partial charge in [-0.3, -0.25) is 14.4 Å². The Balaban J connectivity index is 1.54. The summed E-state index contributed by atoms with van der Waals surface area (Å²) in [5.74, 6) is -1.09. The van der Waals surface area contributed by atoms with Crippen LogP contribution < -0.4 is 10.9 Å². The average Bonchev–Trinajstić information content (AvgIpc) is 2.62. The number of hydrogen-bond donors (Lipinski definition) is 1. The number of nitrogens with zero attached hydrogens (tertiary/aromatic N) is 1. The van der Waals surface area contributed by atoms with E-state index in [2.05, 4.69) is 5.32 Å². The van der Waals surface area contributed by atoms with Crippen molar-refractivity contribution < 1.29 is 14.3 Å². The molecular formula is C19H16N2O4. The van der Waals surface area contributed by atoms with Gasteiger partial charge in [0, 0.05) is 18.0 Å². The van der Waals surface area contributed by atoms with Gasteiger partial charge in [-0.15, -0.1) is 0 Å². The molecule has 0 saturated heterocycles. The summed E-state index contributed by atoms with van der Waals surface area (Å²) in [4.78, 5) is 35.2. The summed E-state index contributed by atoms with van der Waals surface area (Å²) in [5.41, 5.74) is 0.319. The maximum absolute atomic E-state index is 11.9. The molecule has 1 aromatic heterocycles. The highest BCUT2D eigenvalue weighted by Crippen LogP contribution is 2.18. The van der Waals surface area contributed by atoms with Crippen molar-refractivity contribution in [2.45, 2.75) is 6.54 Å². The van der Waals surface area contributed by atoms with Gasteiger partial charge < -0.3 is 14.6 Å². The maximum Gasteiger partial charge on any atom is 0.326 e. The van der Waals surface area contributed by atoms with Crippen LogP contribution in [0, 0.1) is 0 Å². The summed E-state index contributed by atoms with van der Waals surface area (Å²) in [6.07, 6.45) is 1.48. The largest absolute Gasteiger partial charge is 0.454 e. The molecule has 0 radical (unpaired) electrons. The predicted molar refractivity (Wildman–Crippen MR) is 94.2 cm³/mol. The fourth-order valence-electron chi connectivity index (χ4n) is 2.39. The Kier molecular flexibility index (Phi) is 4.89. The third-order valence-electron chi connectivity index (χ3n) is 3.60. The number of ether oxygens (including phenoxy) is 1. The Morgan fingerprint density at radius 3 is 2.52 bits per heavy atom. The van der Waals surface area contributed by atoms with Crippen LogP contribution in [0.1, 0.15) is 0 Å². The monoisotopic (exact) mass is 336 g/mol. The van der Waals surface area contributed by atoms with Gasteiger partial charge in [-0.1, -0.05) is 36.4 Å². The van der Waals surface area contributed by atoms with Gasteiger partial charge in [-0.25, -0.2) is 0 Å². The molecule has 0 unspecified atom stereocenters. The molecule has 3 rings (SSSR count). The Bertz CT molecular complexity index is 978. The van der Waals surface area contributed by atoms with Crippen molar-refractivity contribution in [3.63, 3.8) is 0 Å². The standard InChI is InChI=1S/C19H16N2O4/c22-17(13-25-19(24)12-21-10-4-3-7-18(21)23)20-16-9-8-14-5-1-2-6-15(14)11-16/h1-11H,12-13H2,(H,20,22). The first-order chi connectivity index (χ1) is 12.1. The lowest BCUT2D eigenvalue weighted by molar-refractivity contribution is -0.147. The summed E-state index contributed by atoms with van der Waals surface area (Å²) < 4.78 is 6.12. The van der Waals surface area contributed by atoms with Crippen molar-refractivity contribution in [3.05, 3.63) is 77.2 Å². The Labute approximate surface area is 143 Å². The van der Waals surface area contributed by atoms with Crippen molar-refractivity contribution in [1.29, 1.82) is 0 Å². The van der Waals surface area contributed by atoms with Gasteiger partial charge in [-0.05, 0) is 29.0 Å². The quantitative estimate of drug-likeness (QED) is 0.725. The molecule has 0 aliphatic carbocycles. The smallest absolute Gasteiger partial charge is 0.326 e. The Morgan fingerprint density at radius 2 is 1.72 bits per heavy atom. The predicted octanol–water partition coefficient (Wildman–Crippen LogP) is 2.18. The number of fused-ring (bicyclic) bond motifs is 1. The second kappa shape index (κ2) is 7.44. The van der Waals surface area contributed by atoms with Crippen LogP contribution in [0.15, 0.2) is 71.7 Å². The number of nitrogens with one attached hydrogen (secondary N) is 1. The van der Waals surface area contributed by atoms with E-state index in [4.69, 9.17) is 4.74 Å². The number of anilines is 1. The minimum absolute atomic E-state index is 0.233. The molecule has 126 valence electrons. The Hall–Kier alpha value is -3.41. The van der Waals surface area contributed by atoms with E-state index in [1.165, 1.54) is 16.8 Å². The van der Waals surface area contributed by atoms with Crippen molar-refractivity contribution in [1.82, 2.24) is 4.57 Å². The number of pyridine rings is 1. The highest BCUT2D eigenvalue weighted by atomic mass is 16.5. The molecule has 0 aliphatic rings. The molecule has 0 spiro atoms. The molecule has 0 saturated carbocycles. The number of aromatic nitrogens is 1. The zero-order chi connectivity index (χ0) is 17.6. The molecular weight excluding hydrogens is 320 g/mol. The van der Waals surface area contributed by atoms with Crippen molar-refractivity contribution >= 4 is 28.3 Å². The molecule has 1 amide bonds. The summed E-state index contributed by atoms with van der Waals surface area (Å²) in [6, 6.07) is 17.9. The molecule has 25 heavy (non-hydrogen) atoms. The second-order valence-corrected chi connectivity index (χ2v) is 5.44. The fraction of sp³-hybridized carbons (Fsp3) is 0.105. The van der Waals surface area contributed by atoms with E-state index in [9.17, 15) is 14.4 Å². The van der Waals surface area contributed by atoms with Gasteiger partial charge in [0.05, 0.1) is 0 Å². The number of esters is 1. The van der Waals surface area contributed by atoms with Crippen LogP contribution in [0.3, 0.4) is 0 Å². The molecule has 0 bridgehead atoms. The second-order valence-electron chi connectivity index (χ2n) is 5.44. The lowest BCUT2D eigenvalue weighted by Gasteiger charge is -2.08. The number of amides is 1. The van der Waals surface area contributed by atoms with Crippen molar-refractivity contribution in [3.8, 4) is 0 Å². The average molecular weight is 336 g/mol. The van der Waals surface area contributed by atoms with E-state index in [0.29, 0.717) is 5.69 Å². The number of hydrogen-bond acceptors (Lipinski definition) is 4. The van der Waals surface area contributed by atoms with Gasteiger partial charge in [0.15, 0.2) is 6.61 Å². The normalized spacial score (nSPS) is 10.4. The number of carbonyl (C=O) groups is 2. The molecule has 6 heteroatoms. The van der Waals surface area contributed by atoms with Crippen LogP contribution in [-0.2, 0) is 20.9 Å². The minimum Gasteiger partial charge on any atom is -0.454 e. The van der Waals surface area contributed by atoms with E-state index in [1.54, 1.807) is 18.2 Å². The van der Waals surface area contributed by atoms with Crippen LogP contribution in [0.5, 0.6) is 0 Å². The van der Waals surface area contributed by atoms with Crippen LogP contribution in [0.4, 0.5) is 5.69 Å². The summed E-state index contributed by atoms with van der Waals surface area (Å²) in [6.45, 7) is -0.643. The summed E-state index contributed by atoms with van der Waals surface area (Å²) in [5, 5.41) is 4.75. The Morgan fingerprint density at radius 1 is 0.960 bits per heavy atom. The number of carbonyl (C=O) groups excluding carboxylic acids is 2. The molecule has 1 heterocycles. The number of benzene rings is 2. The van der Waals surface area contributed by atoms with E-state index >= 15 is 0 Å². The topological polar surface area (TPSA) is 77.4 Å². The van der Waals surface area contributed by atoms with E-state index < -0.39 is 18.5 Å². The lowest BCUT2D eigenvalue weighted by atomic mass is 10.1. The zero-order valence-corrected chi connectivity index (χ0v) is 13.3. The molecule has 3 aromatic rings. The first-order valence-electron chi connectivity index (χ1n) is 7.71. The highest BCUT2D eigenvalue weighted by molar-refractivity contribution is 5.95. The zero-order valence-electron chi connectivity index (χ0n) is 13.3. The molecule has 2 aromatic carbocycles. The van der Waals surface area contributed by atoms with Gasteiger partial charge in [0.25, 0.3) is 11.5 Å². The fourth-order valence-corrected chi connectivity index (χ4v) is 2.39. The van der Waals surface area contributed by atoms with Gasteiger partial charge >= 0.3 is 5.97 Å². The van der Waals surface area contributed by atoms with Crippen LogP contribution in [-0.4, -0.2) is 23.1 Å². The first-order valence-corrected chi connectivity index (χ1v) is 7.71. The van der Waals surface area contributed by atoms with E-state index in [0.717, 1.165) is 10.8 Å². The van der Waals surface area contributed by atoms with E-state index in [1.807, 2.05) is 36.4 Å². The van der Waals surface area contributed by atoms with Crippen LogP contribution in [0.2, 0.25) is 0 Å². The SMILES string of the molecule is O=C(COC(=O)Cn1ccccc1=O)Nc1ccc2ccccc2c1. The number of rotatable bonds is 5. The minimum atomic E-state index is -0.651. The van der Waals surface area contributed by atoms with Gasteiger partial charge in [-0.2, -0.15) is 0 Å². The maximum atomic E-state index is 11.9. The highest BCUT2D eigenvalue weighted by Gasteiger charge is 2.09. The van der Waals surface area contributed by atoms with Crippen LogP contribution in [0.25, 0.3) is 10.8 Å². The summed E-state index contributed by atoms with van der Waals surface area (Å²) in [7, 11) is 0. The van der Waals surface area contributed by atoms with Crippen molar-refractivity contribution in [2.75, 3.05) is 11.9 Å².